The molecule has 0 aliphatic carbocycles. The minimum atomic E-state index is 0.454. The first-order chi connectivity index (χ1) is 14.2. The summed E-state index contributed by atoms with van der Waals surface area (Å²) in [7, 11) is 0. The summed E-state index contributed by atoms with van der Waals surface area (Å²) < 4.78 is 0. The smallest absolute Gasteiger partial charge is 0.00388 e. The summed E-state index contributed by atoms with van der Waals surface area (Å²) in [5, 5.41) is 0. The number of allylic oxidation sites excluding steroid dienone is 2. The van der Waals surface area contributed by atoms with Gasteiger partial charge in [0.05, 0.1) is 0 Å². The van der Waals surface area contributed by atoms with Crippen molar-refractivity contribution in [1.29, 1.82) is 0 Å². The molecule has 2 N–H and O–H groups in total. The van der Waals surface area contributed by atoms with Gasteiger partial charge < -0.3 is 5.73 Å². The Bertz CT molecular complexity index is 320. The number of hydrogen-bond acceptors (Lipinski definition) is 1. The van der Waals surface area contributed by atoms with E-state index in [9.17, 15) is 0 Å². The van der Waals surface area contributed by atoms with Gasteiger partial charge in [-0.05, 0) is 44.4 Å². The first-order valence-electron chi connectivity index (χ1n) is 13.6. The van der Waals surface area contributed by atoms with E-state index in [1.165, 1.54) is 135 Å². The van der Waals surface area contributed by atoms with E-state index in [-0.39, 0.29) is 0 Å². The molecule has 0 spiro atoms. The minimum Gasteiger partial charge on any atom is -0.328 e. The van der Waals surface area contributed by atoms with Crippen molar-refractivity contribution >= 4 is 0 Å². The fraction of sp³-hybridized carbons (Fsp3) is 0.929. The topological polar surface area (TPSA) is 26.0 Å². The van der Waals surface area contributed by atoms with Crippen LogP contribution >= 0.6 is 0 Å². The van der Waals surface area contributed by atoms with Gasteiger partial charge in [-0.2, -0.15) is 0 Å². The third-order valence-corrected chi connectivity index (χ3v) is 6.19. The molecule has 0 bridgehead atoms. The molecule has 0 radical (unpaired) electrons. The van der Waals surface area contributed by atoms with Crippen molar-refractivity contribution in [2.75, 3.05) is 0 Å². The number of unbranched alkanes of at least 4 members (excludes halogenated alkanes) is 15. The second-order valence-electron chi connectivity index (χ2n) is 9.87. The van der Waals surface area contributed by atoms with Gasteiger partial charge in [0.1, 0.15) is 0 Å². The molecule has 1 heteroatoms. The van der Waals surface area contributed by atoms with Crippen molar-refractivity contribution in [2.24, 2.45) is 11.7 Å². The molecule has 0 rings (SSSR count). The minimum absolute atomic E-state index is 0.454. The molecule has 0 aromatic carbocycles. The summed E-state index contributed by atoms with van der Waals surface area (Å²) >= 11 is 0. The normalized spacial score (nSPS) is 13.0. The highest BCUT2D eigenvalue weighted by Crippen LogP contribution is 2.14. The van der Waals surface area contributed by atoms with Crippen molar-refractivity contribution < 1.29 is 0 Å². The van der Waals surface area contributed by atoms with E-state index in [2.05, 4.69) is 32.9 Å². The molecule has 174 valence electrons. The number of hydrogen-bond donors (Lipinski definition) is 1. The molecule has 0 aliphatic heterocycles. The molecule has 0 aromatic rings. The number of nitrogens with two attached hydrogens (primary N) is 1. The Morgan fingerprint density at radius 3 is 1.34 bits per heavy atom. The van der Waals surface area contributed by atoms with Crippen LogP contribution in [0.4, 0.5) is 0 Å². The zero-order valence-electron chi connectivity index (χ0n) is 20.7. The highest BCUT2D eigenvalue weighted by molar-refractivity contribution is 4.81. The lowest BCUT2D eigenvalue weighted by Crippen LogP contribution is -2.19. The van der Waals surface area contributed by atoms with Crippen LogP contribution in [-0.2, 0) is 0 Å². The van der Waals surface area contributed by atoms with Crippen LogP contribution in [0.5, 0.6) is 0 Å². The standard InChI is InChI=1S/C28H57N/c1-4-5-6-7-8-9-10-11-12-13-14-15-16-19-22-25-28(29)26-23-20-17-18-21-24-27(2)3/h11-12,27-28H,4-10,13-26,29H2,1-3H3/b12-11+. The average molecular weight is 408 g/mol. The van der Waals surface area contributed by atoms with Gasteiger partial charge in [0.25, 0.3) is 0 Å². The summed E-state index contributed by atoms with van der Waals surface area (Å²) in [6, 6.07) is 0.454. The molecular formula is C28H57N. The molecule has 0 saturated carbocycles. The maximum atomic E-state index is 6.30. The lowest BCUT2D eigenvalue weighted by Gasteiger charge is -2.11. The molecule has 0 saturated heterocycles. The van der Waals surface area contributed by atoms with Gasteiger partial charge in [0, 0.05) is 6.04 Å². The van der Waals surface area contributed by atoms with E-state index in [0.717, 1.165) is 5.92 Å². The molecule has 0 fully saturated rings. The van der Waals surface area contributed by atoms with Crippen LogP contribution in [0.25, 0.3) is 0 Å². The first-order valence-corrected chi connectivity index (χ1v) is 13.6. The van der Waals surface area contributed by atoms with Gasteiger partial charge in [-0.1, -0.05) is 129 Å². The second kappa shape index (κ2) is 24.0. The second-order valence-corrected chi connectivity index (χ2v) is 9.87. The fourth-order valence-corrected chi connectivity index (χ4v) is 4.11. The summed E-state index contributed by atoms with van der Waals surface area (Å²) in [5.74, 6) is 0.870. The predicted octanol–water partition coefficient (Wildman–Crippen LogP) is 9.74. The van der Waals surface area contributed by atoms with Crippen molar-refractivity contribution in [3.05, 3.63) is 12.2 Å². The third kappa shape index (κ3) is 25.7. The largest absolute Gasteiger partial charge is 0.328 e. The Morgan fingerprint density at radius 2 is 0.897 bits per heavy atom. The monoisotopic (exact) mass is 407 g/mol. The van der Waals surface area contributed by atoms with Gasteiger partial charge in [-0.3, -0.25) is 0 Å². The molecule has 1 atom stereocenters. The van der Waals surface area contributed by atoms with Crippen molar-refractivity contribution in [3.8, 4) is 0 Å². The highest BCUT2D eigenvalue weighted by atomic mass is 14.6. The van der Waals surface area contributed by atoms with Gasteiger partial charge in [0.2, 0.25) is 0 Å². The van der Waals surface area contributed by atoms with Gasteiger partial charge in [-0.25, -0.2) is 0 Å². The summed E-state index contributed by atoms with van der Waals surface area (Å²) in [6.45, 7) is 6.94. The Morgan fingerprint density at radius 1 is 0.517 bits per heavy atom. The predicted molar refractivity (Wildman–Crippen MR) is 135 cm³/mol. The van der Waals surface area contributed by atoms with E-state index in [4.69, 9.17) is 5.73 Å². The Kier molecular flexibility index (Phi) is 23.7. The zero-order valence-corrected chi connectivity index (χ0v) is 20.7. The molecule has 1 unspecified atom stereocenters. The quantitative estimate of drug-likeness (QED) is 0.132. The maximum absolute atomic E-state index is 6.30. The van der Waals surface area contributed by atoms with Crippen molar-refractivity contribution in [2.45, 2.75) is 162 Å². The van der Waals surface area contributed by atoms with Crippen molar-refractivity contribution in [1.82, 2.24) is 0 Å². The number of rotatable bonds is 23. The molecule has 0 heterocycles. The van der Waals surface area contributed by atoms with Crippen LogP contribution in [0.1, 0.15) is 156 Å². The Balaban J connectivity index is 3.20. The van der Waals surface area contributed by atoms with Gasteiger partial charge >= 0.3 is 0 Å². The molecular weight excluding hydrogens is 350 g/mol. The third-order valence-electron chi connectivity index (χ3n) is 6.19. The van der Waals surface area contributed by atoms with Crippen LogP contribution in [-0.4, -0.2) is 6.04 Å². The lowest BCUT2D eigenvalue weighted by molar-refractivity contribution is 0.475. The maximum Gasteiger partial charge on any atom is 0.00388 e. The fourth-order valence-electron chi connectivity index (χ4n) is 4.11. The first kappa shape index (κ1) is 28.7. The van der Waals surface area contributed by atoms with Crippen molar-refractivity contribution in [3.63, 3.8) is 0 Å². The molecule has 0 aliphatic rings. The van der Waals surface area contributed by atoms with E-state index < -0.39 is 0 Å². The molecule has 0 aromatic heterocycles. The van der Waals surface area contributed by atoms with E-state index in [1.807, 2.05) is 0 Å². The Hall–Kier alpha value is -0.300. The van der Waals surface area contributed by atoms with Gasteiger partial charge in [-0.15, -0.1) is 0 Å². The zero-order chi connectivity index (χ0) is 21.4. The summed E-state index contributed by atoms with van der Waals surface area (Å²) in [6.07, 6.45) is 33.6. The van der Waals surface area contributed by atoms with Crippen LogP contribution in [0.2, 0.25) is 0 Å². The molecule has 29 heavy (non-hydrogen) atoms. The highest BCUT2D eigenvalue weighted by Gasteiger charge is 2.02. The summed E-state index contributed by atoms with van der Waals surface area (Å²) in [5.41, 5.74) is 6.30. The molecule has 0 amide bonds. The van der Waals surface area contributed by atoms with Crippen LogP contribution in [0.3, 0.4) is 0 Å². The average Bonchev–Trinajstić information content (AvgIpc) is 2.70. The van der Waals surface area contributed by atoms with E-state index in [1.54, 1.807) is 0 Å². The summed E-state index contributed by atoms with van der Waals surface area (Å²) in [4.78, 5) is 0. The van der Waals surface area contributed by atoms with E-state index >= 15 is 0 Å². The van der Waals surface area contributed by atoms with Gasteiger partial charge in [0.15, 0.2) is 0 Å². The lowest BCUT2D eigenvalue weighted by atomic mass is 10.00. The van der Waals surface area contributed by atoms with Crippen LogP contribution in [0, 0.1) is 5.92 Å². The van der Waals surface area contributed by atoms with E-state index in [0.29, 0.717) is 6.04 Å². The SMILES string of the molecule is CCCCCCCC/C=C/CCCCCCCC(N)CCCCCCCC(C)C. The van der Waals surface area contributed by atoms with Crippen LogP contribution < -0.4 is 5.73 Å². The van der Waals surface area contributed by atoms with Crippen LogP contribution in [0.15, 0.2) is 12.2 Å². The Labute approximate surface area is 185 Å². The molecule has 1 nitrogen and oxygen atoms in total.